The van der Waals surface area contributed by atoms with Crippen LogP contribution in [0, 0.1) is 5.92 Å². The van der Waals surface area contributed by atoms with Gasteiger partial charge in [-0.25, -0.2) is 9.59 Å². The molecule has 0 bridgehead atoms. The number of rotatable bonds is 8. The molecule has 7 rings (SSSR count). The third-order valence-corrected chi connectivity index (χ3v) is 11.5. The SMILES string of the molecule is CCCCCCC(C)(C)c1cc(OC(=O)c2cc3cc4c5c(c3oc2=O)CCCN5CCC4)c2c(c1)OC(C)(C)[C@@H]1CCC(=O)C[C@@H]21. The van der Waals surface area contributed by atoms with Gasteiger partial charge in [0.15, 0.2) is 0 Å². The summed E-state index contributed by atoms with van der Waals surface area (Å²) in [6.45, 7) is 12.9. The number of aryl methyl sites for hydroxylation is 2. The summed E-state index contributed by atoms with van der Waals surface area (Å²) in [6, 6.07) is 7.81. The molecule has 0 spiro atoms. The molecule has 7 heteroatoms. The summed E-state index contributed by atoms with van der Waals surface area (Å²) in [4.78, 5) is 42.8. The minimum absolute atomic E-state index is 0.103. The summed E-state index contributed by atoms with van der Waals surface area (Å²) in [5.74, 6) is 0.515. The quantitative estimate of drug-likeness (QED) is 0.106. The van der Waals surface area contributed by atoms with Crippen LogP contribution in [-0.2, 0) is 23.1 Å². The minimum Gasteiger partial charge on any atom is -0.487 e. The Balaban J connectivity index is 1.30. The lowest BCUT2D eigenvalue weighted by molar-refractivity contribution is -0.124. The highest BCUT2D eigenvalue weighted by molar-refractivity contribution is 5.96. The van der Waals surface area contributed by atoms with E-state index in [0.717, 1.165) is 80.1 Å². The fourth-order valence-electron chi connectivity index (χ4n) is 8.91. The van der Waals surface area contributed by atoms with Crippen molar-refractivity contribution in [3.63, 3.8) is 0 Å². The zero-order valence-electron chi connectivity index (χ0n) is 28.8. The van der Waals surface area contributed by atoms with E-state index in [0.29, 0.717) is 29.9 Å². The number of Topliss-reactive ketones (excluding diaryl/α,β-unsaturated/α-hetero) is 1. The number of esters is 1. The number of fused-ring (bicyclic) bond motifs is 5. The van der Waals surface area contributed by atoms with E-state index >= 15 is 0 Å². The van der Waals surface area contributed by atoms with Gasteiger partial charge in [-0.1, -0.05) is 46.5 Å². The minimum atomic E-state index is -0.739. The van der Waals surface area contributed by atoms with Crippen molar-refractivity contribution in [3.05, 3.63) is 62.5 Å². The van der Waals surface area contributed by atoms with Crippen LogP contribution in [0.1, 0.15) is 137 Å². The molecule has 7 nitrogen and oxygen atoms in total. The smallest absolute Gasteiger partial charge is 0.351 e. The molecule has 1 aromatic heterocycles. The zero-order chi connectivity index (χ0) is 33.1. The van der Waals surface area contributed by atoms with E-state index in [2.05, 4.69) is 51.7 Å². The highest BCUT2D eigenvalue weighted by atomic mass is 16.5. The van der Waals surface area contributed by atoms with Crippen LogP contribution < -0.4 is 20.0 Å². The van der Waals surface area contributed by atoms with Crippen molar-refractivity contribution < 1.29 is 23.5 Å². The summed E-state index contributed by atoms with van der Waals surface area (Å²) >= 11 is 0. The highest BCUT2D eigenvalue weighted by Crippen LogP contribution is 2.55. The Labute approximate surface area is 278 Å². The van der Waals surface area contributed by atoms with Crippen LogP contribution in [0.5, 0.6) is 11.5 Å². The van der Waals surface area contributed by atoms with E-state index in [1.165, 1.54) is 30.5 Å². The van der Waals surface area contributed by atoms with Gasteiger partial charge in [-0.3, -0.25) is 4.79 Å². The number of nitrogens with zero attached hydrogens (tertiary/aromatic N) is 1. The Morgan fingerprint density at radius 1 is 1.02 bits per heavy atom. The monoisotopic (exact) mass is 639 g/mol. The molecule has 0 unspecified atom stereocenters. The summed E-state index contributed by atoms with van der Waals surface area (Å²) in [5.41, 5.74) is 4.45. The first kappa shape index (κ1) is 32.0. The molecular formula is C40H49NO6. The number of ketones is 1. The van der Waals surface area contributed by atoms with Crippen LogP contribution in [0.3, 0.4) is 0 Å². The zero-order valence-corrected chi connectivity index (χ0v) is 28.8. The van der Waals surface area contributed by atoms with Gasteiger partial charge in [0.05, 0.1) is 0 Å². The van der Waals surface area contributed by atoms with E-state index in [-0.39, 0.29) is 28.6 Å². The molecule has 0 radical (unpaired) electrons. The standard InChI is InChI=1S/C40H49NO6/c1-6-7-8-9-16-39(2,3)26-21-32(34-29-23-27(42)14-15-31(29)40(4,5)47-33(34)22-26)45-37(43)30-20-25-19-24-12-10-17-41-18-11-13-28(35(24)41)36(25)46-38(30)44/h19-22,29,31H,6-18,23H2,1-5H3/t29-,31-/m1/s1. The molecule has 0 N–H and O–H groups in total. The van der Waals surface area contributed by atoms with Gasteiger partial charge >= 0.3 is 11.6 Å². The molecule has 250 valence electrons. The first-order valence-corrected chi connectivity index (χ1v) is 18.0. The summed E-state index contributed by atoms with van der Waals surface area (Å²) < 4.78 is 18.9. The number of anilines is 1. The molecular weight excluding hydrogens is 590 g/mol. The Morgan fingerprint density at radius 2 is 1.81 bits per heavy atom. The maximum absolute atomic E-state index is 14.0. The fourth-order valence-corrected chi connectivity index (χ4v) is 8.91. The van der Waals surface area contributed by atoms with Crippen LogP contribution in [0.15, 0.2) is 33.5 Å². The van der Waals surface area contributed by atoms with Crippen molar-refractivity contribution >= 4 is 28.4 Å². The third-order valence-electron chi connectivity index (χ3n) is 11.5. The predicted octanol–water partition coefficient (Wildman–Crippen LogP) is 8.58. The first-order chi connectivity index (χ1) is 22.5. The average molecular weight is 640 g/mol. The molecule has 4 aliphatic rings. The van der Waals surface area contributed by atoms with Crippen LogP contribution in [-0.4, -0.2) is 30.4 Å². The Hall–Kier alpha value is -3.61. The largest absolute Gasteiger partial charge is 0.487 e. The second-order valence-corrected chi connectivity index (χ2v) is 15.6. The van der Waals surface area contributed by atoms with Gasteiger partial charge in [-0.2, -0.15) is 0 Å². The molecule has 0 amide bonds. The van der Waals surface area contributed by atoms with Crippen LogP contribution >= 0.6 is 0 Å². The van der Waals surface area contributed by atoms with Crippen LogP contribution in [0.2, 0.25) is 0 Å². The maximum Gasteiger partial charge on any atom is 0.351 e. The van der Waals surface area contributed by atoms with Crippen LogP contribution in [0.25, 0.3) is 11.0 Å². The summed E-state index contributed by atoms with van der Waals surface area (Å²) in [7, 11) is 0. The number of benzene rings is 2. The molecule has 2 aromatic carbocycles. The normalized spacial score (nSPS) is 21.5. The van der Waals surface area contributed by atoms with Gasteiger partial charge in [0.1, 0.15) is 34.0 Å². The molecule has 4 heterocycles. The van der Waals surface area contributed by atoms with E-state index in [1.807, 2.05) is 6.07 Å². The van der Waals surface area contributed by atoms with Crippen molar-refractivity contribution in [2.24, 2.45) is 5.92 Å². The van der Waals surface area contributed by atoms with Crippen molar-refractivity contribution in [2.45, 2.75) is 129 Å². The van der Waals surface area contributed by atoms with Crippen LogP contribution in [0.4, 0.5) is 5.69 Å². The number of unbranched alkanes of at least 4 members (excludes halogenated alkanes) is 3. The Kier molecular flexibility index (Phi) is 8.25. The maximum atomic E-state index is 14.0. The number of hydrogen-bond donors (Lipinski definition) is 0. The van der Waals surface area contributed by atoms with E-state index in [9.17, 15) is 14.4 Å². The van der Waals surface area contributed by atoms with Gasteiger partial charge in [0.25, 0.3) is 0 Å². The molecule has 1 saturated carbocycles. The molecule has 0 saturated heterocycles. The first-order valence-electron chi connectivity index (χ1n) is 18.0. The van der Waals surface area contributed by atoms with Gasteiger partial charge in [-0.05, 0) is 93.2 Å². The van der Waals surface area contributed by atoms with Gasteiger partial charge in [0.2, 0.25) is 0 Å². The number of carbonyl (C=O) groups is 2. The van der Waals surface area contributed by atoms with Gasteiger partial charge < -0.3 is 18.8 Å². The average Bonchev–Trinajstić information content (AvgIpc) is 3.02. The summed E-state index contributed by atoms with van der Waals surface area (Å²) in [5, 5.41) is 0.765. The molecule has 3 aliphatic heterocycles. The fraction of sp³-hybridized carbons (Fsp3) is 0.575. The molecule has 2 atom stereocenters. The Bertz CT molecular complexity index is 1800. The van der Waals surface area contributed by atoms with Crippen molar-refractivity contribution in [1.82, 2.24) is 0 Å². The summed E-state index contributed by atoms with van der Waals surface area (Å²) in [6.07, 6.45) is 11.2. The molecule has 1 fully saturated rings. The lowest BCUT2D eigenvalue weighted by Gasteiger charge is -2.47. The predicted molar refractivity (Wildman–Crippen MR) is 184 cm³/mol. The number of hydrogen-bond acceptors (Lipinski definition) is 7. The van der Waals surface area contributed by atoms with Gasteiger partial charge in [0, 0.05) is 60.0 Å². The Morgan fingerprint density at radius 3 is 2.60 bits per heavy atom. The van der Waals surface area contributed by atoms with Gasteiger partial charge in [-0.15, -0.1) is 0 Å². The molecule has 3 aromatic rings. The van der Waals surface area contributed by atoms with E-state index < -0.39 is 17.2 Å². The number of carbonyl (C=O) groups excluding carboxylic acids is 2. The van der Waals surface area contributed by atoms with Crippen molar-refractivity contribution in [2.75, 3.05) is 18.0 Å². The van der Waals surface area contributed by atoms with E-state index in [4.69, 9.17) is 13.9 Å². The lowest BCUT2D eigenvalue weighted by atomic mass is 9.66. The molecule has 1 aliphatic carbocycles. The van der Waals surface area contributed by atoms with E-state index in [1.54, 1.807) is 6.07 Å². The lowest BCUT2D eigenvalue weighted by Crippen LogP contribution is -2.47. The molecule has 47 heavy (non-hydrogen) atoms. The van der Waals surface area contributed by atoms with Crippen molar-refractivity contribution in [1.29, 1.82) is 0 Å². The topological polar surface area (TPSA) is 86.1 Å². The highest BCUT2D eigenvalue weighted by Gasteiger charge is 2.48. The third kappa shape index (κ3) is 5.78. The second kappa shape index (κ2) is 12.1. The second-order valence-electron chi connectivity index (χ2n) is 15.6. The number of ether oxygens (including phenoxy) is 2. The van der Waals surface area contributed by atoms with Crippen molar-refractivity contribution in [3.8, 4) is 11.5 Å².